The molecule has 3 heterocycles. The number of carbonyl (C=O) groups is 2. The Morgan fingerprint density at radius 1 is 1.18 bits per heavy atom. The van der Waals surface area contributed by atoms with Crippen molar-refractivity contribution in [1.82, 2.24) is 25.0 Å². The summed E-state index contributed by atoms with van der Waals surface area (Å²) in [5, 5.41) is 8.12. The lowest BCUT2D eigenvalue weighted by molar-refractivity contribution is 0.0722. The lowest BCUT2D eigenvalue weighted by Crippen LogP contribution is -2.41. The van der Waals surface area contributed by atoms with Gasteiger partial charge < -0.3 is 14.6 Å². The van der Waals surface area contributed by atoms with Crippen LogP contribution in [0.25, 0.3) is 11.1 Å². The zero-order valence-corrected chi connectivity index (χ0v) is 19.7. The number of amides is 2. The molecule has 0 saturated heterocycles. The molecule has 8 nitrogen and oxygen atoms in total. The van der Waals surface area contributed by atoms with Gasteiger partial charge in [0.25, 0.3) is 11.8 Å². The lowest BCUT2D eigenvalue weighted by Gasteiger charge is -2.29. The summed E-state index contributed by atoms with van der Waals surface area (Å²) in [7, 11) is 1.80. The number of rotatable bonds is 9. The van der Waals surface area contributed by atoms with Gasteiger partial charge in [0.15, 0.2) is 0 Å². The van der Waals surface area contributed by atoms with E-state index in [4.69, 9.17) is 4.42 Å². The van der Waals surface area contributed by atoms with Crippen molar-refractivity contribution in [2.75, 3.05) is 13.6 Å². The van der Waals surface area contributed by atoms with Gasteiger partial charge in [-0.3, -0.25) is 14.3 Å². The van der Waals surface area contributed by atoms with Crippen LogP contribution in [0.1, 0.15) is 45.4 Å². The number of furan rings is 1. The predicted octanol–water partition coefficient (Wildman–Crippen LogP) is 3.86. The first-order chi connectivity index (χ1) is 16.5. The second kappa shape index (κ2) is 10.3. The highest BCUT2D eigenvalue weighted by atomic mass is 16.3. The van der Waals surface area contributed by atoms with E-state index in [1.165, 1.54) is 0 Å². The maximum Gasteiger partial charge on any atom is 0.269 e. The number of benzene rings is 1. The van der Waals surface area contributed by atoms with Crippen molar-refractivity contribution in [3.8, 4) is 0 Å². The van der Waals surface area contributed by atoms with E-state index in [1.54, 1.807) is 47.3 Å². The van der Waals surface area contributed by atoms with Gasteiger partial charge in [0.05, 0.1) is 17.5 Å². The van der Waals surface area contributed by atoms with Crippen LogP contribution >= 0.6 is 0 Å². The van der Waals surface area contributed by atoms with Crippen molar-refractivity contribution in [3.05, 3.63) is 83.5 Å². The van der Waals surface area contributed by atoms with Gasteiger partial charge in [-0.15, -0.1) is 0 Å². The molecule has 2 amide bonds. The Morgan fingerprint density at radius 3 is 2.74 bits per heavy atom. The van der Waals surface area contributed by atoms with Gasteiger partial charge in [-0.1, -0.05) is 30.3 Å². The highest BCUT2D eigenvalue weighted by molar-refractivity contribution is 5.96. The van der Waals surface area contributed by atoms with Crippen LogP contribution < -0.4 is 5.32 Å². The quantitative estimate of drug-likeness (QED) is 0.410. The van der Waals surface area contributed by atoms with Crippen LogP contribution in [-0.2, 0) is 13.0 Å². The van der Waals surface area contributed by atoms with Crippen molar-refractivity contribution in [2.45, 2.75) is 39.3 Å². The van der Waals surface area contributed by atoms with Gasteiger partial charge in [0, 0.05) is 37.8 Å². The third kappa shape index (κ3) is 5.17. The van der Waals surface area contributed by atoms with Crippen LogP contribution in [0, 0.1) is 6.92 Å². The smallest absolute Gasteiger partial charge is 0.269 e. The summed E-state index contributed by atoms with van der Waals surface area (Å²) < 4.78 is 6.98. The molecule has 1 aromatic carbocycles. The number of hydrogen-bond acceptors (Lipinski definition) is 5. The van der Waals surface area contributed by atoms with Gasteiger partial charge in [-0.05, 0) is 50.5 Å². The highest BCUT2D eigenvalue weighted by Gasteiger charge is 2.23. The minimum absolute atomic E-state index is 0.118. The fraction of sp³-hybridized carbons (Fsp3) is 0.308. The molecule has 176 valence electrons. The van der Waals surface area contributed by atoms with E-state index in [2.05, 4.69) is 15.4 Å². The van der Waals surface area contributed by atoms with E-state index in [-0.39, 0.29) is 17.9 Å². The first kappa shape index (κ1) is 23.2. The molecule has 0 fully saturated rings. The summed E-state index contributed by atoms with van der Waals surface area (Å²) in [6.07, 6.45) is 4.37. The van der Waals surface area contributed by atoms with Crippen molar-refractivity contribution < 1.29 is 14.0 Å². The maximum absolute atomic E-state index is 13.3. The molecular formula is C26H29N5O3. The van der Waals surface area contributed by atoms with Gasteiger partial charge >= 0.3 is 0 Å². The Hall–Kier alpha value is -3.94. The summed E-state index contributed by atoms with van der Waals surface area (Å²) in [6, 6.07) is 15.3. The van der Waals surface area contributed by atoms with E-state index in [0.29, 0.717) is 42.9 Å². The molecule has 34 heavy (non-hydrogen) atoms. The molecule has 0 unspecified atom stereocenters. The molecule has 3 aromatic heterocycles. The monoisotopic (exact) mass is 459 g/mol. The molecule has 0 spiro atoms. The molecule has 4 aromatic rings. The lowest BCUT2D eigenvalue weighted by atomic mass is 10.0. The zero-order chi connectivity index (χ0) is 24.1. The van der Waals surface area contributed by atoms with Crippen molar-refractivity contribution >= 4 is 22.9 Å². The van der Waals surface area contributed by atoms with Gasteiger partial charge in [-0.2, -0.15) is 5.10 Å². The van der Waals surface area contributed by atoms with E-state index in [9.17, 15) is 9.59 Å². The Bertz CT molecular complexity index is 1280. The average Bonchev–Trinajstić information content (AvgIpc) is 3.48. The first-order valence-corrected chi connectivity index (χ1v) is 11.4. The second-order valence-corrected chi connectivity index (χ2v) is 8.33. The van der Waals surface area contributed by atoms with Crippen molar-refractivity contribution in [1.29, 1.82) is 0 Å². The number of aromatic nitrogens is 3. The molecule has 0 radical (unpaired) electrons. The fourth-order valence-electron chi connectivity index (χ4n) is 4.08. The van der Waals surface area contributed by atoms with E-state index in [1.807, 2.05) is 44.2 Å². The predicted molar refractivity (Wildman–Crippen MR) is 130 cm³/mol. The highest BCUT2D eigenvalue weighted by Crippen LogP contribution is 2.18. The molecule has 0 aliphatic carbocycles. The normalized spacial score (nSPS) is 12.0. The first-order valence-electron chi connectivity index (χ1n) is 11.4. The largest absolute Gasteiger partial charge is 0.446 e. The molecule has 4 rings (SSSR count). The van der Waals surface area contributed by atoms with Crippen LogP contribution in [0.4, 0.5) is 0 Å². The summed E-state index contributed by atoms with van der Waals surface area (Å²) in [5.41, 5.74) is 3.48. The molecule has 1 N–H and O–H groups in total. The fourth-order valence-corrected chi connectivity index (χ4v) is 4.08. The molecule has 0 saturated carbocycles. The minimum Gasteiger partial charge on any atom is -0.446 e. The SMILES string of the molecule is CCn1nc(C)cc1C(=O)NCC[C@H](Cc1ccccc1)N(C)C(=O)c1cnc2occc2c1. The number of fused-ring (bicyclic) bond motifs is 1. The molecule has 8 heteroatoms. The minimum atomic E-state index is -0.162. The number of nitrogens with one attached hydrogen (secondary N) is 1. The Balaban J connectivity index is 1.47. The Kier molecular flexibility index (Phi) is 7.06. The van der Waals surface area contributed by atoms with Crippen molar-refractivity contribution in [3.63, 3.8) is 0 Å². The number of carbonyl (C=O) groups excluding carboxylic acids is 2. The zero-order valence-electron chi connectivity index (χ0n) is 19.7. The molecular weight excluding hydrogens is 430 g/mol. The summed E-state index contributed by atoms with van der Waals surface area (Å²) in [5.74, 6) is -0.285. The van der Waals surface area contributed by atoms with E-state index >= 15 is 0 Å². The molecule has 1 atom stereocenters. The number of nitrogens with zero attached hydrogens (tertiary/aromatic N) is 4. The van der Waals surface area contributed by atoms with Crippen LogP contribution in [0.2, 0.25) is 0 Å². The standard InChI is InChI=1S/C26H29N5O3/c1-4-31-23(14-18(2)29-31)24(32)27-12-10-22(15-19-8-6-5-7-9-19)30(3)26(33)21-16-20-11-13-34-25(20)28-17-21/h5-9,11,13-14,16-17,22H,4,10,12,15H2,1-3H3,(H,27,32)/t22-/m1/s1. The Morgan fingerprint density at radius 2 is 1.97 bits per heavy atom. The second-order valence-electron chi connectivity index (χ2n) is 8.33. The number of hydrogen-bond donors (Lipinski definition) is 1. The van der Waals surface area contributed by atoms with E-state index in [0.717, 1.165) is 16.6 Å². The maximum atomic E-state index is 13.3. The molecule has 0 bridgehead atoms. The number of likely N-dealkylation sites (N-methyl/N-ethyl adjacent to an activating group) is 1. The summed E-state index contributed by atoms with van der Waals surface area (Å²) in [6.45, 7) is 4.88. The third-order valence-electron chi connectivity index (χ3n) is 5.93. The van der Waals surface area contributed by atoms with Crippen LogP contribution in [0.3, 0.4) is 0 Å². The van der Waals surface area contributed by atoms with Gasteiger partial charge in [-0.25, -0.2) is 4.98 Å². The van der Waals surface area contributed by atoms with Gasteiger partial charge in [0.2, 0.25) is 5.71 Å². The third-order valence-corrected chi connectivity index (χ3v) is 5.93. The number of aryl methyl sites for hydroxylation is 2. The molecule has 0 aliphatic heterocycles. The summed E-state index contributed by atoms with van der Waals surface area (Å²) >= 11 is 0. The number of pyridine rings is 1. The Labute approximate surface area is 198 Å². The molecule has 0 aliphatic rings. The summed E-state index contributed by atoms with van der Waals surface area (Å²) in [4.78, 5) is 32.0. The topological polar surface area (TPSA) is 93.3 Å². The van der Waals surface area contributed by atoms with Crippen LogP contribution in [0.15, 0.2) is 65.4 Å². The van der Waals surface area contributed by atoms with Crippen molar-refractivity contribution in [2.24, 2.45) is 0 Å². The van der Waals surface area contributed by atoms with Crippen LogP contribution in [0.5, 0.6) is 0 Å². The van der Waals surface area contributed by atoms with Crippen LogP contribution in [-0.4, -0.2) is 51.1 Å². The average molecular weight is 460 g/mol. The van der Waals surface area contributed by atoms with E-state index < -0.39 is 0 Å². The van der Waals surface area contributed by atoms with Gasteiger partial charge in [0.1, 0.15) is 5.69 Å².